The predicted octanol–water partition coefficient (Wildman–Crippen LogP) is 10.4. The molecule has 1 fully saturated rings. The van der Waals surface area contributed by atoms with Gasteiger partial charge in [0.15, 0.2) is 0 Å². The Kier molecular flexibility index (Phi) is 37.3. The summed E-state index contributed by atoms with van der Waals surface area (Å²) in [6.07, 6.45) is 36.0. The summed E-state index contributed by atoms with van der Waals surface area (Å²) >= 11 is 0. The first-order chi connectivity index (χ1) is 30.0. The Labute approximate surface area is 375 Å². The van der Waals surface area contributed by atoms with Gasteiger partial charge in [-0.1, -0.05) is 159 Å². The van der Waals surface area contributed by atoms with Crippen molar-refractivity contribution in [2.24, 2.45) is 0 Å². The maximum Gasteiger partial charge on any atom is 0.472 e. The molecule has 0 aromatic carbocycles. The lowest BCUT2D eigenvalue weighted by Crippen LogP contribution is -2.64. The third-order valence-corrected chi connectivity index (χ3v) is 12.2. The van der Waals surface area contributed by atoms with Crippen molar-refractivity contribution < 1.29 is 58.3 Å². The van der Waals surface area contributed by atoms with Crippen LogP contribution in [-0.4, -0.2) is 98.9 Å². The molecule has 0 aromatic heterocycles. The molecule has 0 aromatic rings. The maximum atomic E-state index is 12.8. The van der Waals surface area contributed by atoms with Crippen LogP contribution in [0.2, 0.25) is 0 Å². The summed E-state index contributed by atoms with van der Waals surface area (Å²) in [7, 11) is -5.02. The fraction of sp³-hybridized carbons (Fsp3) is 0.816. The van der Waals surface area contributed by atoms with Crippen molar-refractivity contribution in [3.05, 3.63) is 48.6 Å². The summed E-state index contributed by atoms with van der Waals surface area (Å²) in [6.45, 7) is 4.19. The van der Waals surface area contributed by atoms with E-state index in [4.69, 9.17) is 18.5 Å². The van der Waals surface area contributed by atoms with Crippen LogP contribution in [0.4, 0.5) is 0 Å². The molecule has 62 heavy (non-hydrogen) atoms. The molecule has 6 unspecified atom stereocenters. The smallest absolute Gasteiger partial charge is 0.457 e. The molecule has 362 valence electrons. The van der Waals surface area contributed by atoms with Crippen LogP contribution >= 0.6 is 7.82 Å². The average molecular weight is 901 g/mol. The summed E-state index contributed by atoms with van der Waals surface area (Å²) in [5.41, 5.74) is 0. The molecule has 0 bridgehead atoms. The van der Waals surface area contributed by atoms with Crippen LogP contribution in [-0.2, 0) is 27.9 Å². The van der Waals surface area contributed by atoms with E-state index in [1.807, 2.05) is 0 Å². The van der Waals surface area contributed by atoms with Gasteiger partial charge in [-0.3, -0.25) is 13.8 Å². The second kappa shape index (κ2) is 39.6. The molecular formula is C49H89O12P. The zero-order chi connectivity index (χ0) is 45.5. The van der Waals surface area contributed by atoms with Gasteiger partial charge in [0.25, 0.3) is 0 Å². The fourth-order valence-corrected chi connectivity index (χ4v) is 8.21. The lowest BCUT2D eigenvalue weighted by Gasteiger charge is -2.41. The molecule has 1 aliphatic carbocycles. The number of allylic oxidation sites excluding steroid dienone is 8. The first-order valence-electron chi connectivity index (χ1n) is 24.5. The zero-order valence-corrected chi connectivity index (χ0v) is 39.6. The molecule has 6 atom stereocenters. The molecule has 0 amide bonds. The summed E-state index contributed by atoms with van der Waals surface area (Å²) in [6, 6.07) is 0. The molecule has 0 saturated heterocycles. The van der Waals surface area contributed by atoms with Crippen LogP contribution in [0, 0.1) is 0 Å². The lowest BCUT2D eigenvalue weighted by atomic mass is 9.85. The standard InChI is InChI=1S/C49H89O12P/c1-3-5-7-9-11-13-15-17-19-21-22-23-24-26-28-30-32-34-36-38-43(50)60-42(41-59-62(56,57)61-49-47(54)45(52)44(51)46(53)48(49)55)40-58-39-37-35-33-31-29-27-25-20-18-16-14-12-10-8-6-4-2/h11-14,17-20,42,44-49,51-55H,3-10,15-16,21-41H2,1-2H3,(H,56,57)/b13-11-,14-12-,19-17-,20-18-. The first-order valence-corrected chi connectivity index (χ1v) is 26.0. The number of hydrogen-bond donors (Lipinski definition) is 6. The van der Waals surface area contributed by atoms with Gasteiger partial charge in [-0.05, 0) is 77.0 Å². The Bertz CT molecular complexity index is 1210. The van der Waals surface area contributed by atoms with E-state index in [1.54, 1.807) is 0 Å². The van der Waals surface area contributed by atoms with Gasteiger partial charge in [0.05, 0.1) is 13.2 Å². The van der Waals surface area contributed by atoms with Crippen molar-refractivity contribution in [3.63, 3.8) is 0 Å². The van der Waals surface area contributed by atoms with Crippen molar-refractivity contribution in [2.75, 3.05) is 19.8 Å². The van der Waals surface area contributed by atoms with E-state index in [1.165, 1.54) is 89.9 Å². The van der Waals surface area contributed by atoms with E-state index in [0.717, 1.165) is 77.0 Å². The number of rotatable bonds is 41. The second-order valence-electron chi connectivity index (χ2n) is 17.0. The van der Waals surface area contributed by atoms with Crippen molar-refractivity contribution in [1.82, 2.24) is 0 Å². The number of unbranched alkanes of at least 4 members (excludes halogenated alkanes) is 21. The molecule has 0 aliphatic heterocycles. The third kappa shape index (κ3) is 31.2. The molecule has 1 rings (SSSR count). The lowest BCUT2D eigenvalue weighted by molar-refractivity contribution is -0.220. The number of aliphatic hydroxyl groups is 5. The van der Waals surface area contributed by atoms with Crippen molar-refractivity contribution in [2.45, 2.75) is 236 Å². The molecular weight excluding hydrogens is 812 g/mol. The number of aliphatic hydroxyl groups excluding tert-OH is 5. The van der Waals surface area contributed by atoms with Crippen LogP contribution in [0.3, 0.4) is 0 Å². The number of carbonyl (C=O) groups excluding carboxylic acids is 1. The minimum Gasteiger partial charge on any atom is -0.457 e. The largest absolute Gasteiger partial charge is 0.472 e. The van der Waals surface area contributed by atoms with Crippen LogP contribution in [0.5, 0.6) is 0 Å². The predicted molar refractivity (Wildman–Crippen MR) is 249 cm³/mol. The van der Waals surface area contributed by atoms with Crippen LogP contribution in [0.1, 0.15) is 194 Å². The average Bonchev–Trinajstić information content (AvgIpc) is 3.26. The number of hydrogen-bond acceptors (Lipinski definition) is 11. The SMILES string of the molecule is CCCCC/C=C\C/C=C\CCCCCCCCCCCC(=O)OC(COCCCCCCCC/C=C\C/C=C\CCCCC)COP(=O)(O)OC1C(O)C(O)C(O)C(O)C1O. The third-order valence-electron chi connectivity index (χ3n) is 11.2. The monoisotopic (exact) mass is 901 g/mol. The first kappa shape index (κ1) is 58.3. The Morgan fingerprint density at radius 3 is 1.35 bits per heavy atom. The van der Waals surface area contributed by atoms with Crippen molar-refractivity contribution in [1.29, 1.82) is 0 Å². The molecule has 1 saturated carbocycles. The summed E-state index contributed by atoms with van der Waals surface area (Å²) in [5.74, 6) is -0.486. The second-order valence-corrected chi connectivity index (χ2v) is 18.4. The van der Waals surface area contributed by atoms with E-state index < -0.39 is 63.1 Å². The molecule has 6 N–H and O–H groups in total. The molecule has 0 spiro atoms. The van der Waals surface area contributed by atoms with Crippen LogP contribution in [0.15, 0.2) is 48.6 Å². The van der Waals surface area contributed by atoms with Crippen molar-refractivity contribution >= 4 is 13.8 Å². The molecule has 12 nitrogen and oxygen atoms in total. The minimum absolute atomic E-state index is 0.0862. The Morgan fingerprint density at radius 2 is 0.903 bits per heavy atom. The summed E-state index contributed by atoms with van der Waals surface area (Å²) in [5, 5.41) is 50.2. The Balaban J connectivity index is 2.38. The Hall–Kier alpha value is -1.70. The normalized spacial score (nSPS) is 22.4. The highest BCUT2D eigenvalue weighted by atomic mass is 31.2. The molecule has 13 heteroatoms. The fourth-order valence-electron chi connectivity index (χ4n) is 7.24. The molecule has 0 radical (unpaired) electrons. The number of phosphoric acid groups is 1. The quantitative estimate of drug-likeness (QED) is 0.0147. The van der Waals surface area contributed by atoms with Gasteiger partial charge in [0, 0.05) is 13.0 Å². The van der Waals surface area contributed by atoms with Gasteiger partial charge >= 0.3 is 13.8 Å². The number of phosphoric ester groups is 1. The van der Waals surface area contributed by atoms with Crippen LogP contribution in [0.25, 0.3) is 0 Å². The number of carbonyl (C=O) groups is 1. The van der Waals surface area contributed by atoms with Gasteiger partial charge in [-0.2, -0.15) is 0 Å². The van der Waals surface area contributed by atoms with Gasteiger partial charge in [0.1, 0.15) is 42.7 Å². The van der Waals surface area contributed by atoms with Gasteiger partial charge in [-0.25, -0.2) is 4.57 Å². The van der Waals surface area contributed by atoms with Gasteiger partial charge in [0.2, 0.25) is 0 Å². The molecule has 1 aliphatic rings. The topological polar surface area (TPSA) is 192 Å². The van der Waals surface area contributed by atoms with Crippen molar-refractivity contribution in [3.8, 4) is 0 Å². The van der Waals surface area contributed by atoms with Gasteiger partial charge < -0.3 is 39.9 Å². The highest BCUT2D eigenvalue weighted by Gasteiger charge is 2.51. The molecule has 0 heterocycles. The van der Waals surface area contributed by atoms with E-state index in [0.29, 0.717) is 13.0 Å². The summed E-state index contributed by atoms with van der Waals surface area (Å²) in [4.78, 5) is 23.2. The number of esters is 1. The van der Waals surface area contributed by atoms with E-state index in [-0.39, 0.29) is 13.0 Å². The van der Waals surface area contributed by atoms with E-state index in [9.17, 15) is 39.8 Å². The summed E-state index contributed by atoms with van der Waals surface area (Å²) < 4.78 is 34.2. The highest BCUT2D eigenvalue weighted by molar-refractivity contribution is 7.47. The maximum absolute atomic E-state index is 12.8. The van der Waals surface area contributed by atoms with Crippen LogP contribution < -0.4 is 0 Å². The minimum atomic E-state index is -5.02. The van der Waals surface area contributed by atoms with E-state index in [2.05, 4.69) is 62.5 Å². The Morgan fingerprint density at radius 1 is 0.516 bits per heavy atom. The highest BCUT2D eigenvalue weighted by Crippen LogP contribution is 2.47. The zero-order valence-electron chi connectivity index (χ0n) is 38.7. The van der Waals surface area contributed by atoms with E-state index >= 15 is 0 Å². The van der Waals surface area contributed by atoms with Gasteiger partial charge in [-0.15, -0.1) is 0 Å². The number of ether oxygens (including phenoxy) is 2.